The predicted molar refractivity (Wildman–Crippen MR) is 94.3 cm³/mol. The Kier molecular flexibility index (Phi) is 4.35. The van der Waals surface area contributed by atoms with E-state index < -0.39 is 12.0 Å². The van der Waals surface area contributed by atoms with Crippen LogP contribution >= 0.6 is 0 Å². The summed E-state index contributed by atoms with van der Waals surface area (Å²) in [5.74, 6) is 0.322. The van der Waals surface area contributed by atoms with Crippen LogP contribution in [0.25, 0.3) is 10.8 Å². The number of methoxy groups -OCH3 is 2. The fourth-order valence-corrected chi connectivity index (χ4v) is 3.01. The lowest BCUT2D eigenvalue weighted by Crippen LogP contribution is -2.46. The first-order chi connectivity index (χ1) is 12.0. The van der Waals surface area contributed by atoms with E-state index in [0.29, 0.717) is 11.3 Å². The van der Waals surface area contributed by atoms with Crippen molar-refractivity contribution in [2.75, 3.05) is 21.3 Å². The lowest BCUT2D eigenvalue weighted by Gasteiger charge is -2.33. The van der Waals surface area contributed by atoms with E-state index >= 15 is 0 Å². The number of nitrogens with zero attached hydrogens (tertiary/aromatic N) is 1. The van der Waals surface area contributed by atoms with E-state index in [1.807, 2.05) is 36.4 Å². The van der Waals surface area contributed by atoms with Crippen molar-refractivity contribution < 1.29 is 19.1 Å². The second-order valence-corrected chi connectivity index (χ2v) is 5.90. The van der Waals surface area contributed by atoms with Crippen molar-refractivity contribution in [2.24, 2.45) is 0 Å². The Balaban J connectivity index is 2.11. The first-order valence-corrected chi connectivity index (χ1v) is 7.87. The molecule has 1 aliphatic heterocycles. The van der Waals surface area contributed by atoms with Gasteiger partial charge in [-0.25, -0.2) is 9.59 Å². The zero-order chi connectivity index (χ0) is 18.1. The van der Waals surface area contributed by atoms with Gasteiger partial charge < -0.3 is 19.7 Å². The molecule has 130 valence electrons. The standard InChI is InChI=1S/C19H20N2O4/c1-11-16(18(22)25-4)17(20-19(23)21(11)2)14-6-5-13-10-15(24-3)8-7-12(13)9-14/h5-10,17H,1-4H3,(H,20,23)/t17-/m1/s1. The molecule has 1 atom stereocenters. The van der Waals surface area contributed by atoms with Crippen molar-refractivity contribution >= 4 is 22.8 Å². The van der Waals surface area contributed by atoms with Crippen molar-refractivity contribution in [3.05, 3.63) is 53.2 Å². The number of nitrogens with one attached hydrogen (secondary N) is 1. The topological polar surface area (TPSA) is 67.9 Å². The van der Waals surface area contributed by atoms with Gasteiger partial charge in [0.15, 0.2) is 0 Å². The van der Waals surface area contributed by atoms with Gasteiger partial charge in [0.2, 0.25) is 0 Å². The average molecular weight is 340 g/mol. The van der Waals surface area contributed by atoms with Crippen molar-refractivity contribution in [2.45, 2.75) is 13.0 Å². The number of urea groups is 1. The SMILES string of the molecule is COC(=O)C1=C(C)N(C)C(=O)N[C@@H]1c1ccc2cc(OC)ccc2c1. The minimum absolute atomic E-state index is 0.259. The molecule has 0 fully saturated rings. The van der Waals surface area contributed by atoms with Crippen LogP contribution in [0.5, 0.6) is 5.75 Å². The Morgan fingerprint density at radius 1 is 1.12 bits per heavy atom. The van der Waals surface area contributed by atoms with Gasteiger partial charge in [0.05, 0.1) is 25.8 Å². The molecule has 0 saturated carbocycles. The first-order valence-electron chi connectivity index (χ1n) is 7.87. The number of rotatable bonds is 3. The molecule has 2 amide bonds. The fourth-order valence-electron chi connectivity index (χ4n) is 3.01. The van der Waals surface area contributed by atoms with Gasteiger partial charge >= 0.3 is 12.0 Å². The second kappa shape index (κ2) is 6.47. The third-order valence-corrected chi connectivity index (χ3v) is 4.56. The Morgan fingerprint density at radius 3 is 2.48 bits per heavy atom. The minimum atomic E-state index is -0.553. The van der Waals surface area contributed by atoms with E-state index in [4.69, 9.17) is 9.47 Å². The molecule has 25 heavy (non-hydrogen) atoms. The van der Waals surface area contributed by atoms with Crippen LogP contribution in [0.1, 0.15) is 18.5 Å². The zero-order valence-electron chi connectivity index (χ0n) is 14.6. The Morgan fingerprint density at radius 2 is 1.80 bits per heavy atom. The number of fused-ring (bicyclic) bond motifs is 1. The van der Waals surface area contributed by atoms with E-state index in [9.17, 15) is 9.59 Å². The Hall–Kier alpha value is -3.02. The van der Waals surface area contributed by atoms with Crippen LogP contribution in [0.2, 0.25) is 0 Å². The number of esters is 1. The summed E-state index contributed by atoms with van der Waals surface area (Å²) in [6.07, 6.45) is 0. The van der Waals surface area contributed by atoms with Gasteiger partial charge in [-0.05, 0) is 41.5 Å². The van der Waals surface area contributed by atoms with Gasteiger partial charge in [-0.15, -0.1) is 0 Å². The molecular formula is C19H20N2O4. The van der Waals surface area contributed by atoms with E-state index in [-0.39, 0.29) is 6.03 Å². The maximum Gasteiger partial charge on any atom is 0.337 e. The maximum absolute atomic E-state index is 12.3. The molecule has 3 rings (SSSR count). The number of hydrogen-bond acceptors (Lipinski definition) is 4. The number of carbonyl (C=O) groups is 2. The van der Waals surface area contributed by atoms with E-state index in [2.05, 4.69) is 5.32 Å². The summed E-state index contributed by atoms with van der Waals surface area (Å²) in [6.45, 7) is 1.74. The van der Waals surface area contributed by atoms with Crippen LogP contribution in [0.3, 0.4) is 0 Å². The third kappa shape index (κ3) is 2.91. The lowest BCUT2D eigenvalue weighted by atomic mass is 9.93. The Bertz CT molecular complexity index is 888. The highest BCUT2D eigenvalue weighted by Gasteiger charge is 2.34. The number of ether oxygens (including phenoxy) is 2. The number of benzene rings is 2. The van der Waals surface area contributed by atoms with E-state index in [1.165, 1.54) is 12.0 Å². The summed E-state index contributed by atoms with van der Waals surface area (Å²) in [5.41, 5.74) is 1.83. The number of amides is 2. The van der Waals surface area contributed by atoms with Crippen LogP contribution in [-0.4, -0.2) is 38.2 Å². The van der Waals surface area contributed by atoms with Gasteiger partial charge in [0.25, 0.3) is 0 Å². The molecule has 0 bridgehead atoms. The van der Waals surface area contributed by atoms with Gasteiger partial charge in [0, 0.05) is 12.7 Å². The summed E-state index contributed by atoms with van der Waals surface area (Å²) in [7, 11) is 4.58. The molecule has 1 heterocycles. The Labute approximate surface area is 146 Å². The molecule has 0 spiro atoms. The van der Waals surface area contributed by atoms with Crippen LogP contribution in [0.4, 0.5) is 4.79 Å². The molecular weight excluding hydrogens is 320 g/mol. The molecule has 6 heteroatoms. The van der Waals surface area contributed by atoms with Crippen molar-refractivity contribution in [1.82, 2.24) is 10.2 Å². The van der Waals surface area contributed by atoms with Crippen molar-refractivity contribution in [3.63, 3.8) is 0 Å². The normalized spacial score (nSPS) is 17.5. The van der Waals surface area contributed by atoms with Crippen LogP contribution in [0, 0.1) is 0 Å². The number of carbonyl (C=O) groups excluding carboxylic acids is 2. The third-order valence-electron chi connectivity index (χ3n) is 4.56. The summed E-state index contributed by atoms with van der Waals surface area (Å²) >= 11 is 0. The zero-order valence-corrected chi connectivity index (χ0v) is 14.6. The predicted octanol–water partition coefficient (Wildman–Crippen LogP) is 2.99. The van der Waals surface area contributed by atoms with Gasteiger partial charge in [0.1, 0.15) is 5.75 Å². The molecule has 0 radical (unpaired) electrons. The quantitative estimate of drug-likeness (QED) is 0.872. The maximum atomic E-state index is 12.3. The van der Waals surface area contributed by atoms with Crippen molar-refractivity contribution in [1.29, 1.82) is 0 Å². The highest BCUT2D eigenvalue weighted by Crippen LogP contribution is 2.32. The molecule has 0 saturated heterocycles. The number of hydrogen-bond donors (Lipinski definition) is 1. The monoisotopic (exact) mass is 340 g/mol. The van der Waals surface area contributed by atoms with E-state index in [0.717, 1.165) is 22.1 Å². The summed E-state index contributed by atoms with van der Waals surface area (Å²) in [6, 6.07) is 10.8. The molecule has 2 aromatic rings. The molecule has 0 aromatic heterocycles. The molecule has 0 aliphatic carbocycles. The molecule has 2 aromatic carbocycles. The van der Waals surface area contributed by atoms with Crippen LogP contribution < -0.4 is 10.1 Å². The highest BCUT2D eigenvalue weighted by molar-refractivity contribution is 5.95. The minimum Gasteiger partial charge on any atom is -0.497 e. The highest BCUT2D eigenvalue weighted by atomic mass is 16.5. The van der Waals surface area contributed by atoms with Gasteiger partial charge in [-0.2, -0.15) is 0 Å². The average Bonchev–Trinajstić information content (AvgIpc) is 2.64. The van der Waals surface area contributed by atoms with Crippen molar-refractivity contribution in [3.8, 4) is 5.75 Å². The number of allylic oxidation sites excluding steroid dienone is 1. The smallest absolute Gasteiger partial charge is 0.337 e. The summed E-state index contributed by atoms with van der Waals surface area (Å²) in [4.78, 5) is 25.9. The summed E-state index contributed by atoms with van der Waals surface area (Å²) in [5, 5.41) is 4.88. The second-order valence-electron chi connectivity index (χ2n) is 5.90. The van der Waals surface area contributed by atoms with Gasteiger partial charge in [-0.1, -0.05) is 18.2 Å². The van der Waals surface area contributed by atoms with Crippen LogP contribution in [0.15, 0.2) is 47.7 Å². The fraction of sp³-hybridized carbons (Fsp3) is 0.263. The first kappa shape index (κ1) is 16.8. The molecule has 1 N–H and O–H groups in total. The molecule has 0 unspecified atom stereocenters. The largest absolute Gasteiger partial charge is 0.497 e. The van der Waals surface area contributed by atoms with Crippen LogP contribution in [-0.2, 0) is 9.53 Å². The summed E-state index contributed by atoms with van der Waals surface area (Å²) < 4.78 is 10.2. The van der Waals surface area contributed by atoms with Gasteiger partial charge in [-0.3, -0.25) is 0 Å². The van der Waals surface area contributed by atoms with E-state index in [1.54, 1.807) is 21.1 Å². The molecule has 6 nitrogen and oxygen atoms in total. The molecule has 1 aliphatic rings. The lowest BCUT2D eigenvalue weighted by molar-refractivity contribution is -0.136.